The summed E-state index contributed by atoms with van der Waals surface area (Å²) < 4.78 is 0. The number of carbonyl (C=O) groups is 2. The Kier molecular flexibility index (Phi) is 7.21. The van der Waals surface area contributed by atoms with Crippen LogP contribution in [-0.2, 0) is 16.0 Å². The number of amides is 2. The van der Waals surface area contributed by atoms with E-state index in [0.29, 0.717) is 18.2 Å². The fourth-order valence-corrected chi connectivity index (χ4v) is 4.15. The van der Waals surface area contributed by atoms with Crippen molar-refractivity contribution in [2.24, 2.45) is 5.92 Å². The van der Waals surface area contributed by atoms with Crippen molar-refractivity contribution < 1.29 is 9.59 Å². The second kappa shape index (κ2) is 10.5. The van der Waals surface area contributed by atoms with Crippen molar-refractivity contribution in [3.05, 3.63) is 71.5 Å². The second-order valence-corrected chi connectivity index (χ2v) is 8.84. The van der Waals surface area contributed by atoms with E-state index in [2.05, 4.69) is 39.7 Å². The van der Waals surface area contributed by atoms with Crippen LogP contribution in [0.15, 0.2) is 54.6 Å². The minimum Gasteiger partial charge on any atom is -0.326 e. The summed E-state index contributed by atoms with van der Waals surface area (Å²) in [6, 6.07) is 17.4. The van der Waals surface area contributed by atoms with Crippen LogP contribution in [0.5, 0.6) is 0 Å². The maximum absolute atomic E-state index is 12.8. The van der Waals surface area contributed by atoms with Gasteiger partial charge in [-0.25, -0.2) is 9.97 Å². The largest absolute Gasteiger partial charge is 0.326 e. The molecule has 1 aliphatic rings. The van der Waals surface area contributed by atoms with Crippen LogP contribution in [0.4, 0.5) is 23.0 Å². The first-order chi connectivity index (χ1) is 16.4. The van der Waals surface area contributed by atoms with E-state index in [4.69, 9.17) is 0 Å². The van der Waals surface area contributed by atoms with Crippen molar-refractivity contribution in [3.63, 3.8) is 0 Å². The minimum atomic E-state index is -0.381. The number of anilines is 4. The molecule has 4 rings (SSSR count). The SMILES string of the molecule is CCCCc1ccc(N2CC(C(=O)Nc3ccc(Nc4nc(C)cc(C)n4)cc3)CC2=O)cc1. The van der Waals surface area contributed by atoms with Crippen LogP contribution >= 0.6 is 0 Å². The molecule has 176 valence electrons. The van der Waals surface area contributed by atoms with Crippen molar-refractivity contribution in [1.29, 1.82) is 0 Å². The normalized spacial score (nSPS) is 15.4. The molecule has 7 nitrogen and oxygen atoms in total. The molecule has 1 saturated heterocycles. The van der Waals surface area contributed by atoms with E-state index in [-0.39, 0.29) is 24.2 Å². The van der Waals surface area contributed by atoms with Gasteiger partial charge in [-0.05, 0) is 74.7 Å². The van der Waals surface area contributed by atoms with Gasteiger partial charge in [0, 0.05) is 41.4 Å². The molecule has 0 bridgehead atoms. The lowest BCUT2D eigenvalue weighted by molar-refractivity contribution is -0.122. The van der Waals surface area contributed by atoms with Gasteiger partial charge in [0.2, 0.25) is 17.8 Å². The van der Waals surface area contributed by atoms with Crippen LogP contribution < -0.4 is 15.5 Å². The lowest BCUT2D eigenvalue weighted by Gasteiger charge is -2.17. The second-order valence-electron chi connectivity index (χ2n) is 8.84. The van der Waals surface area contributed by atoms with Crippen LogP contribution in [0.3, 0.4) is 0 Å². The summed E-state index contributed by atoms with van der Waals surface area (Å²) >= 11 is 0. The fourth-order valence-electron chi connectivity index (χ4n) is 4.15. The number of aromatic nitrogens is 2. The summed E-state index contributed by atoms with van der Waals surface area (Å²) in [6.45, 7) is 6.42. The Bertz CT molecular complexity index is 1140. The first-order valence-electron chi connectivity index (χ1n) is 11.8. The van der Waals surface area contributed by atoms with Crippen LogP contribution in [0.2, 0.25) is 0 Å². The van der Waals surface area contributed by atoms with Crippen molar-refractivity contribution in [2.75, 3.05) is 22.1 Å². The van der Waals surface area contributed by atoms with E-state index >= 15 is 0 Å². The number of unbranched alkanes of at least 4 members (excludes halogenated alkanes) is 1. The Morgan fingerprint density at radius 3 is 2.29 bits per heavy atom. The third-order valence-electron chi connectivity index (χ3n) is 5.95. The fraction of sp³-hybridized carbons (Fsp3) is 0.333. The Morgan fingerprint density at radius 1 is 1.00 bits per heavy atom. The third kappa shape index (κ3) is 5.78. The maximum atomic E-state index is 12.8. The molecule has 0 spiro atoms. The van der Waals surface area contributed by atoms with Gasteiger partial charge in [-0.3, -0.25) is 9.59 Å². The number of rotatable bonds is 8. The third-order valence-corrected chi connectivity index (χ3v) is 5.95. The molecular weight excluding hydrogens is 426 g/mol. The Hall–Kier alpha value is -3.74. The van der Waals surface area contributed by atoms with Crippen LogP contribution in [0, 0.1) is 19.8 Å². The molecule has 1 atom stereocenters. The number of hydrogen-bond donors (Lipinski definition) is 2. The van der Waals surface area contributed by atoms with Gasteiger partial charge >= 0.3 is 0 Å². The zero-order valence-corrected chi connectivity index (χ0v) is 20.0. The Morgan fingerprint density at radius 2 is 1.65 bits per heavy atom. The average Bonchev–Trinajstić information content (AvgIpc) is 3.20. The first kappa shape index (κ1) is 23.4. The molecule has 2 N–H and O–H groups in total. The summed E-state index contributed by atoms with van der Waals surface area (Å²) in [5.41, 5.74) is 5.42. The molecule has 34 heavy (non-hydrogen) atoms. The Balaban J connectivity index is 1.34. The van der Waals surface area contributed by atoms with Gasteiger partial charge in [0.15, 0.2) is 0 Å². The van der Waals surface area contributed by atoms with Crippen molar-refractivity contribution in [3.8, 4) is 0 Å². The molecule has 1 unspecified atom stereocenters. The molecule has 2 aromatic carbocycles. The van der Waals surface area contributed by atoms with E-state index in [1.807, 2.05) is 56.3 Å². The van der Waals surface area contributed by atoms with Gasteiger partial charge in [0.05, 0.1) is 5.92 Å². The number of carbonyl (C=O) groups excluding carboxylic acids is 2. The molecule has 1 fully saturated rings. The Labute approximate surface area is 200 Å². The highest BCUT2D eigenvalue weighted by molar-refractivity contribution is 6.03. The van der Waals surface area contributed by atoms with Gasteiger partial charge in [-0.1, -0.05) is 25.5 Å². The highest BCUT2D eigenvalue weighted by Gasteiger charge is 2.35. The predicted molar refractivity (Wildman–Crippen MR) is 135 cm³/mol. The monoisotopic (exact) mass is 457 g/mol. The zero-order valence-electron chi connectivity index (χ0n) is 20.0. The molecule has 1 aliphatic heterocycles. The lowest BCUT2D eigenvalue weighted by atomic mass is 10.1. The standard InChI is InChI=1S/C27H31N5O2/c1-4-5-6-20-7-13-24(14-8-20)32-17-21(16-25(32)33)26(34)30-22-9-11-23(12-10-22)31-27-28-18(2)15-19(3)29-27/h7-15,21H,4-6,16-17H2,1-3H3,(H,30,34)(H,28,29,31). The van der Waals surface area contributed by atoms with Gasteiger partial charge in [-0.2, -0.15) is 0 Å². The number of hydrogen-bond acceptors (Lipinski definition) is 5. The van der Waals surface area contributed by atoms with Gasteiger partial charge in [-0.15, -0.1) is 0 Å². The smallest absolute Gasteiger partial charge is 0.229 e. The molecule has 1 aromatic heterocycles. The summed E-state index contributed by atoms with van der Waals surface area (Å²) in [6.07, 6.45) is 3.57. The van der Waals surface area contributed by atoms with Crippen LogP contribution in [0.1, 0.15) is 43.1 Å². The molecule has 7 heteroatoms. The number of nitrogens with one attached hydrogen (secondary N) is 2. The van der Waals surface area contributed by atoms with Gasteiger partial charge < -0.3 is 15.5 Å². The molecule has 0 aliphatic carbocycles. The summed E-state index contributed by atoms with van der Waals surface area (Å²) in [4.78, 5) is 35.9. The first-order valence-corrected chi connectivity index (χ1v) is 11.8. The maximum Gasteiger partial charge on any atom is 0.229 e. The van der Waals surface area contributed by atoms with Gasteiger partial charge in [0.1, 0.15) is 0 Å². The van der Waals surface area contributed by atoms with Crippen LogP contribution in [0.25, 0.3) is 0 Å². The molecular formula is C27H31N5O2. The number of nitrogens with zero attached hydrogens (tertiary/aromatic N) is 3. The molecule has 0 radical (unpaired) electrons. The molecule has 0 saturated carbocycles. The van der Waals surface area contributed by atoms with Crippen molar-refractivity contribution in [2.45, 2.75) is 46.5 Å². The van der Waals surface area contributed by atoms with E-state index < -0.39 is 0 Å². The summed E-state index contributed by atoms with van der Waals surface area (Å²) in [5, 5.41) is 6.12. The van der Waals surface area contributed by atoms with Crippen LogP contribution in [-0.4, -0.2) is 28.3 Å². The molecule has 2 amide bonds. The highest BCUT2D eigenvalue weighted by Crippen LogP contribution is 2.27. The van der Waals surface area contributed by atoms with Crippen molar-refractivity contribution in [1.82, 2.24) is 9.97 Å². The topological polar surface area (TPSA) is 87.2 Å². The van der Waals surface area contributed by atoms with Gasteiger partial charge in [0.25, 0.3) is 0 Å². The average molecular weight is 458 g/mol. The highest BCUT2D eigenvalue weighted by atomic mass is 16.2. The summed E-state index contributed by atoms with van der Waals surface area (Å²) in [5.74, 6) is -0.00537. The lowest BCUT2D eigenvalue weighted by Crippen LogP contribution is -2.28. The number of aryl methyl sites for hydroxylation is 3. The van der Waals surface area contributed by atoms with Crippen molar-refractivity contribution >= 4 is 34.8 Å². The number of benzene rings is 2. The van der Waals surface area contributed by atoms with E-state index in [9.17, 15) is 9.59 Å². The van der Waals surface area contributed by atoms with E-state index in [0.717, 1.165) is 42.0 Å². The quantitative estimate of drug-likeness (QED) is 0.487. The minimum absolute atomic E-state index is 0.0190. The molecule has 3 aromatic rings. The molecule has 2 heterocycles. The zero-order chi connectivity index (χ0) is 24.1. The van der Waals surface area contributed by atoms with E-state index in [1.165, 1.54) is 5.56 Å². The van der Waals surface area contributed by atoms with E-state index in [1.54, 1.807) is 4.90 Å². The summed E-state index contributed by atoms with van der Waals surface area (Å²) in [7, 11) is 0. The predicted octanol–water partition coefficient (Wildman–Crippen LogP) is 5.17.